The second-order valence-corrected chi connectivity index (χ2v) is 13.5. The van der Waals surface area contributed by atoms with Gasteiger partial charge < -0.3 is 20.6 Å². The number of anilines is 1. The van der Waals surface area contributed by atoms with Crippen LogP contribution < -0.4 is 10.6 Å². The first kappa shape index (κ1) is 26.5. The van der Waals surface area contributed by atoms with Crippen molar-refractivity contribution in [3.8, 4) is 0 Å². The Labute approximate surface area is 224 Å². The normalized spacial score (nSPS) is 33.0. The summed E-state index contributed by atoms with van der Waals surface area (Å²) in [6, 6.07) is 9.06. The predicted octanol–water partition coefficient (Wildman–Crippen LogP) is 4.11. The topological polar surface area (TPSA) is 98.7 Å². The van der Waals surface area contributed by atoms with Crippen LogP contribution in [0.1, 0.15) is 77.6 Å². The number of aliphatic hydroxyl groups is 1. The lowest BCUT2D eigenvalue weighted by Gasteiger charge is -2.36. The fraction of sp³-hybridized carbons (Fsp3) is 0.690. The molecule has 3 heterocycles. The summed E-state index contributed by atoms with van der Waals surface area (Å²) in [6.45, 7) is 2.81. The molecule has 3 amide bonds. The number of fused-ring (bicyclic) bond motifs is 1. The summed E-state index contributed by atoms with van der Waals surface area (Å²) in [6.07, 6.45) is 10.4. The van der Waals surface area contributed by atoms with Crippen molar-refractivity contribution in [2.45, 2.75) is 99.1 Å². The van der Waals surface area contributed by atoms with E-state index in [2.05, 4.69) is 17.6 Å². The summed E-state index contributed by atoms with van der Waals surface area (Å²) < 4.78 is -0.926. The first-order valence-electron chi connectivity index (χ1n) is 14.2. The molecule has 4 aliphatic rings. The van der Waals surface area contributed by atoms with Crippen LogP contribution in [0.15, 0.2) is 30.3 Å². The van der Waals surface area contributed by atoms with Crippen LogP contribution in [-0.4, -0.2) is 62.5 Å². The van der Waals surface area contributed by atoms with E-state index in [0.717, 1.165) is 69.9 Å². The second-order valence-electron chi connectivity index (χ2n) is 11.6. The number of amides is 3. The monoisotopic (exact) mass is 527 g/mol. The molecule has 2 unspecified atom stereocenters. The largest absolute Gasteiger partial charge is 0.396 e. The summed E-state index contributed by atoms with van der Waals surface area (Å²) in [7, 11) is 0. The molecule has 1 aromatic carbocycles. The van der Waals surface area contributed by atoms with Crippen LogP contribution in [0.4, 0.5) is 5.69 Å². The maximum Gasteiger partial charge on any atom is 0.244 e. The quantitative estimate of drug-likeness (QED) is 0.398. The highest BCUT2D eigenvalue weighted by Crippen LogP contribution is 2.71. The van der Waals surface area contributed by atoms with E-state index in [1.807, 2.05) is 35.2 Å². The van der Waals surface area contributed by atoms with Gasteiger partial charge in [0.15, 0.2) is 0 Å². The molecule has 8 heteroatoms. The average Bonchev–Trinajstić information content (AvgIpc) is 3.46. The van der Waals surface area contributed by atoms with Gasteiger partial charge in [-0.25, -0.2) is 0 Å². The number of carbonyl (C=O) groups excluding carboxylic acids is 3. The van der Waals surface area contributed by atoms with Gasteiger partial charge in [0.25, 0.3) is 0 Å². The van der Waals surface area contributed by atoms with E-state index in [9.17, 15) is 14.4 Å². The smallest absolute Gasteiger partial charge is 0.244 e. The van der Waals surface area contributed by atoms with Gasteiger partial charge >= 0.3 is 0 Å². The van der Waals surface area contributed by atoms with Gasteiger partial charge in [0.05, 0.1) is 16.6 Å². The Morgan fingerprint density at radius 3 is 2.49 bits per heavy atom. The van der Waals surface area contributed by atoms with Gasteiger partial charge in [0.1, 0.15) is 6.04 Å². The molecule has 202 valence electrons. The molecular formula is C29H41N3O4S. The summed E-state index contributed by atoms with van der Waals surface area (Å²) in [5.41, 5.74) is 0.732. The van der Waals surface area contributed by atoms with E-state index in [-0.39, 0.29) is 35.1 Å². The van der Waals surface area contributed by atoms with E-state index in [1.54, 1.807) is 11.8 Å². The molecule has 0 aromatic heterocycles. The highest BCUT2D eigenvalue weighted by molar-refractivity contribution is 8.02. The van der Waals surface area contributed by atoms with Gasteiger partial charge in [-0.1, -0.05) is 50.3 Å². The summed E-state index contributed by atoms with van der Waals surface area (Å²) >= 11 is 1.73. The number of unbranched alkanes of at least 4 members (excludes halogenated alkanes) is 3. The number of nitrogens with one attached hydrogen (secondary N) is 2. The van der Waals surface area contributed by atoms with Crippen molar-refractivity contribution in [1.29, 1.82) is 0 Å². The van der Waals surface area contributed by atoms with Gasteiger partial charge in [0, 0.05) is 29.6 Å². The Morgan fingerprint density at radius 2 is 1.76 bits per heavy atom. The molecule has 1 spiro atoms. The number of hydrogen-bond acceptors (Lipinski definition) is 5. The summed E-state index contributed by atoms with van der Waals surface area (Å²) in [4.78, 5) is 43.6. The Bertz CT molecular complexity index is 1000. The SMILES string of the molecule is C[C@]12CCC3(S1)C(C(=O)NC1CCCCC1)N(CCCCCCO)C(=O)[C@@H]3[C@H]2C(=O)Nc1ccccc1. The van der Waals surface area contributed by atoms with E-state index >= 15 is 0 Å². The van der Waals surface area contributed by atoms with Crippen LogP contribution in [0.2, 0.25) is 0 Å². The third-order valence-electron chi connectivity index (χ3n) is 9.11. The van der Waals surface area contributed by atoms with Crippen molar-refractivity contribution in [1.82, 2.24) is 10.2 Å². The van der Waals surface area contributed by atoms with Crippen LogP contribution in [0.25, 0.3) is 0 Å². The van der Waals surface area contributed by atoms with Crippen molar-refractivity contribution >= 4 is 35.2 Å². The third-order valence-corrected chi connectivity index (χ3v) is 11.1. The maximum atomic E-state index is 14.1. The lowest BCUT2D eigenvalue weighted by molar-refractivity contribution is -0.139. The number of likely N-dealkylation sites (tertiary alicyclic amines) is 1. The minimum Gasteiger partial charge on any atom is -0.396 e. The van der Waals surface area contributed by atoms with Gasteiger partial charge in [-0.05, 0) is 57.6 Å². The predicted molar refractivity (Wildman–Crippen MR) is 146 cm³/mol. The number of nitrogens with zero attached hydrogens (tertiary/aromatic N) is 1. The molecule has 2 bridgehead atoms. The zero-order chi connectivity index (χ0) is 26.0. The van der Waals surface area contributed by atoms with Crippen molar-refractivity contribution in [3.63, 3.8) is 0 Å². The minimum absolute atomic E-state index is 0.0287. The highest BCUT2D eigenvalue weighted by Gasteiger charge is 2.77. The van der Waals surface area contributed by atoms with Gasteiger partial charge in [-0.3, -0.25) is 14.4 Å². The minimum atomic E-state index is -0.561. The molecule has 5 rings (SSSR count). The summed E-state index contributed by atoms with van der Waals surface area (Å²) in [5.74, 6) is -1.13. The molecular weight excluding hydrogens is 486 g/mol. The van der Waals surface area contributed by atoms with Gasteiger partial charge in [-0.2, -0.15) is 0 Å². The van der Waals surface area contributed by atoms with Crippen molar-refractivity contribution in [3.05, 3.63) is 30.3 Å². The van der Waals surface area contributed by atoms with Crippen molar-refractivity contribution in [2.75, 3.05) is 18.5 Å². The van der Waals surface area contributed by atoms with E-state index in [1.165, 1.54) is 6.42 Å². The maximum absolute atomic E-state index is 14.1. The molecule has 1 saturated carbocycles. The third kappa shape index (κ3) is 4.91. The zero-order valence-electron chi connectivity index (χ0n) is 21.9. The van der Waals surface area contributed by atoms with E-state index in [4.69, 9.17) is 5.11 Å². The number of aliphatic hydroxyl groups excluding tert-OH is 1. The molecule has 7 nitrogen and oxygen atoms in total. The standard InChI is InChI=1S/C29H41N3O4S/c1-28-16-17-29(37-28)23(22(28)25(34)30-20-12-6-4-7-13-20)27(36)32(18-10-2-3-11-19-33)24(29)26(35)31-21-14-8-5-9-15-21/h4,6-7,12-13,21-24,33H,2-3,5,8-11,14-19H2,1H3,(H,30,34)(H,31,35)/t22-,23-,24?,28+,29?/m0/s1. The van der Waals surface area contributed by atoms with Crippen LogP contribution in [0, 0.1) is 11.8 Å². The molecule has 1 aliphatic carbocycles. The molecule has 3 aliphatic heterocycles. The molecule has 3 N–H and O–H groups in total. The first-order valence-corrected chi connectivity index (χ1v) is 15.0. The molecule has 4 fully saturated rings. The Morgan fingerprint density at radius 1 is 1.03 bits per heavy atom. The number of thioether (sulfide) groups is 1. The molecule has 0 radical (unpaired) electrons. The van der Waals surface area contributed by atoms with Crippen LogP contribution in [0.3, 0.4) is 0 Å². The lowest BCUT2D eigenvalue weighted by Crippen LogP contribution is -2.55. The molecule has 3 saturated heterocycles. The highest BCUT2D eigenvalue weighted by atomic mass is 32.2. The van der Waals surface area contributed by atoms with Crippen LogP contribution >= 0.6 is 11.8 Å². The fourth-order valence-electron chi connectivity index (χ4n) is 7.38. The molecule has 5 atom stereocenters. The first-order chi connectivity index (χ1) is 17.9. The number of hydrogen-bond donors (Lipinski definition) is 3. The van der Waals surface area contributed by atoms with Gasteiger partial charge in [-0.15, -0.1) is 11.8 Å². The molecule has 37 heavy (non-hydrogen) atoms. The van der Waals surface area contributed by atoms with Crippen molar-refractivity contribution < 1.29 is 19.5 Å². The number of para-hydroxylation sites is 1. The van der Waals surface area contributed by atoms with Crippen LogP contribution in [-0.2, 0) is 14.4 Å². The fourth-order valence-corrected chi connectivity index (χ4v) is 9.74. The summed E-state index contributed by atoms with van der Waals surface area (Å²) in [5, 5.41) is 15.5. The number of rotatable bonds is 10. The Kier molecular flexibility index (Phi) is 7.87. The van der Waals surface area contributed by atoms with Crippen molar-refractivity contribution in [2.24, 2.45) is 11.8 Å². The lowest BCUT2D eigenvalue weighted by atomic mass is 9.66. The molecule has 1 aromatic rings. The Hall–Kier alpha value is -2.06. The zero-order valence-corrected chi connectivity index (χ0v) is 22.7. The second kappa shape index (κ2) is 11.0. The van der Waals surface area contributed by atoms with E-state index in [0.29, 0.717) is 6.54 Å². The number of carbonyl (C=O) groups is 3. The average molecular weight is 528 g/mol. The van der Waals surface area contributed by atoms with Gasteiger partial charge in [0.2, 0.25) is 17.7 Å². The number of benzene rings is 1. The Balaban J connectivity index is 1.41. The van der Waals surface area contributed by atoms with Crippen LogP contribution in [0.5, 0.6) is 0 Å². The van der Waals surface area contributed by atoms with E-state index < -0.39 is 22.6 Å².